The fourth-order valence-corrected chi connectivity index (χ4v) is 10.3. The van der Waals surface area contributed by atoms with Gasteiger partial charge in [0.05, 0.1) is 66.4 Å². The molecule has 5 rings (SSSR count). The number of amides is 7. The minimum absolute atomic E-state index is 0.0366. The quantitative estimate of drug-likeness (QED) is 0.00669. The normalized spacial score (nSPS) is 14.8. The third-order valence-corrected chi connectivity index (χ3v) is 15.5. The predicted octanol–water partition coefficient (Wildman–Crippen LogP) is 5.32. The molecular weight excluding hydrogens is 1290 g/mol. The molecule has 7 amide bonds. The number of rotatable bonds is 45. The number of hydrogen-bond donors (Lipinski definition) is 10. The zero-order valence-corrected chi connectivity index (χ0v) is 53.7. The lowest BCUT2D eigenvalue weighted by molar-refractivity contribution is -0.141. The van der Waals surface area contributed by atoms with Gasteiger partial charge in [-0.15, -0.1) is 0 Å². The van der Waals surface area contributed by atoms with E-state index < -0.39 is 144 Å². The van der Waals surface area contributed by atoms with Crippen molar-refractivity contribution in [3.05, 3.63) is 107 Å². The van der Waals surface area contributed by atoms with Crippen LogP contribution in [0.25, 0.3) is 10.8 Å². The van der Waals surface area contributed by atoms with Gasteiger partial charge >= 0.3 is 29.9 Å². The van der Waals surface area contributed by atoms with Gasteiger partial charge in [0.25, 0.3) is 0 Å². The zero-order valence-electron chi connectivity index (χ0n) is 53.7. The zero-order chi connectivity index (χ0) is 70.7. The number of ether oxygens (including phenoxy) is 6. The van der Waals surface area contributed by atoms with Crippen molar-refractivity contribution in [2.75, 3.05) is 79.6 Å². The molecule has 10 N–H and O–H groups in total. The molecule has 4 aromatic rings. The van der Waals surface area contributed by atoms with Gasteiger partial charge in [-0.1, -0.05) is 54.6 Å². The number of carboxylic acid groups (broad SMARTS) is 3. The topological polar surface area (TPSA) is 371 Å². The summed E-state index contributed by atoms with van der Waals surface area (Å²) in [6.07, 6.45) is 0.864. The number of urea groups is 1. The summed E-state index contributed by atoms with van der Waals surface area (Å²) >= 11 is 0. The molecule has 1 aliphatic carbocycles. The highest BCUT2D eigenvalue weighted by Gasteiger charge is 2.33. The Morgan fingerprint density at radius 3 is 1.73 bits per heavy atom. The van der Waals surface area contributed by atoms with Crippen LogP contribution in [0.5, 0.6) is 11.5 Å². The summed E-state index contributed by atoms with van der Waals surface area (Å²) in [7, 11) is 1.60. The molecule has 0 aliphatic heterocycles. The van der Waals surface area contributed by atoms with Crippen molar-refractivity contribution in [3.63, 3.8) is 0 Å². The van der Waals surface area contributed by atoms with Crippen LogP contribution in [0.15, 0.2) is 66.7 Å². The maximum absolute atomic E-state index is 14.5. The highest BCUT2D eigenvalue weighted by atomic mass is 19.2. The predicted molar refractivity (Wildman–Crippen MR) is 336 cm³/mol. The number of nitrogens with one attached hydrogen (secondary N) is 7. The molecule has 97 heavy (non-hydrogen) atoms. The minimum atomic E-state index is -2.49. The monoisotopic (exact) mass is 1370 g/mol. The Balaban J connectivity index is 1.03. The lowest BCUT2D eigenvalue weighted by atomic mass is 9.81. The first-order chi connectivity index (χ1) is 46.5. The molecule has 1 saturated carbocycles. The van der Waals surface area contributed by atoms with Crippen molar-refractivity contribution in [2.24, 2.45) is 11.8 Å². The van der Waals surface area contributed by atoms with Gasteiger partial charge in [-0.2, -0.15) is 8.78 Å². The highest BCUT2D eigenvalue weighted by Crippen LogP contribution is 2.31. The fraction of sp³-hybridized carbons (Fsp3) is 0.515. The average molecular weight is 1370 g/mol. The smallest absolute Gasteiger partial charge is 0.326 e. The van der Waals surface area contributed by atoms with Gasteiger partial charge in [-0.25, -0.2) is 27.6 Å². The van der Waals surface area contributed by atoms with Crippen molar-refractivity contribution in [1.82, 2.24) is 37.2 Å². The number of halogens is 5. The number of fused-ring (bicyclic) bond motifs is 1. The largest absolute Gasteiger partial charge is 0.497 e. The van der Waals surface area contributed by atoms with Gasteiger partial charge in [0, 0.05) is 63.7 Å². The maximum atomic E-state index is 14.5. The first-order valence-electron chi connectivity index (χ1n) is 31.8. The van der Waals surface area contributed by atoms with Crippen LogP contribution in [0.1, 0.15) is 101 Å². The number of benzene rings is 4. The molecule has 4 aromatic carbocycles. The van der Waals surface area contributed by atoms with Crippen LogP contribution in [-0.4, -0.2) is 179 Å². The van der Waals surface area contributed by atoms with Crippen molar-refractivity contribution in [3.8, 4) is 11.5 Å². The second-order valence-electron chi connectivity index (χ2n) is 22.9. The van der Waals surface area contributed by atoms with Crippen molar-refractivity contribution in [2.45, 2.75) is 127 Å². The van der Waals surface area contributed by atoms with Gasteiger partial charge in [0.15, 0.2) is 0 Å². The number of carbonyl (C=O) groups excluding carboxylic acids is 7. The van der Waals surface area contributed by atoms with Crippen LogP contribution in [0.2, 0.25) is 0 Å². The van der Waals surface area contributed by atoms with Gasteiger partial charge in [0.1, 0.15) is 23.9 Å². The van der Waals surface area contributed by atoms with E-state index in [2.05, 4.69) is 42.0 Å². The Morgan fingerprint density at radius 2 is 1.11 bits per heavy atom. The second-order valence-corrected chi connectivity index (χ2v) is 22.9. The third-order valence-electron chi connectivity index (χ3n) is 15.5. The van der Waals surface area contributed by atoms with Gasteiger partial charge < -0.3 is 81.0 Å². The Hall–Kier alpha value is -9.07. The summed E-state index contributed by atoms with van der Waals surface area (Å²) in [5.74, 6) is -22.2. The van der Waals surface area contributed by atoms with Crippen LogP contribution in [0.3, 0.4) is 0 Å². The Labute approximate surface area is 556 Å². The number of hydrogen-bond acceptors (Lipinski definition) is 16. The van der Waals surface area contributed by atoms with Crippen LogP contribution in [0.4, 0.5) is 26.7 Å². The van der Waals surface area contributed by atoms with E-state index in [0.717, 1.165) is 34.1 Å². The molecule has 31 heteroatoms. The summed E-state index contributed by atoms with van der Waals surface area (Å²) in [4.78, 5) is 126. The summed E-state index contributed by atoms with van der Waals surface area (Å²) < 4.78 is 102. The van der Waals surface area contributed by atoms with Crippen LogP contribution >= 0.6 is 0 Å². The van der Waals surface area contributed by atoms with Crippen molar-refractivity contribution in [1.29, 1.82) is 0 Å². The number of carboxylic acids is 3. The van der Waals surface area contributed by atoms with Crippen molar-refractivity contribution < 1.29 is 114 Å². The van der Waals surface area contributed by atoms with Crippen molar-refractivity contribution >= 4 is 70.2 Å². The molecule has 26 nitrogen and oxygen atoms in total. The summed E-state index contributed by atoms with van der Waals surface area (Å²) in [6.45, 7) is 1.80. The third kappa shape index (κ3) is 29.0. The average Bonchev–Trinajstić information content (AvgIpc) is 0.809. The molecule has 0 radical (unpaired) electrons. The number of methoxy groups -OCH3 is 1. The summed E-state index contributed by atoms with van der Waals surface area (Å²) in [6, 6.07) is 14.1. The minimum Gasteiger partial charge on any atom is -0.497 e. The molecule has 532 valence electrons. The standard InChI is InChI=1S/C66H84F5N7O19/c1-92-47-20-15-40(16-21-47)7-6-11-51(79)72-26-28-94-30-32-96-34-33-95-31-29-93-27-24-52(80)75-46(38-55(84)97-61-59(70)57(68)56(67)58(69)60(61)71)37-53(81)74-39-41-12-18-44(19-13-41)62(85)76-50(36-42-14-17-43-8-2-3-9-45(43)35-42)63(86)73-25-5-4-10-48(64(87)88)77-66(91)78-49(65(89)90)22-23-54(82)83/h2-3,8-9,14-17,20-21,35,41,44,46,48-50H,4-7,10-13,18-19,22-34,36-39H2,1H3,(H,72,79)(H,73,86)(H,74,81)(H,75,80)(H,76,85)(H,82,83)(H,87,88)(H,89,90)(H2,77,78,91)/t41?,44?,46?,48-,49-,50-/m0/s1. The summed E-state index contributed by atoms with van der Waals surface area (Å²) in [5, 5.41) is 47.7. The van der Waals surface area contributed by atoms with E-state index in [9.17, 15) is 80.1 Å². The SMILES string of the molecule is COc1ccc(CCCC(=O)NCCOCCOCCOCCOCCC(=O)NC(CC(=O)NCC2CCC(C(=O)N[C@@H](Cc3ccc4ccccc4c3)C(=O)NCCCC[C@H](NC(=O)N[C@@H](CCC(=O)O)C(=O)O)C(=O)O)CC2)CC(=O)Oc2c(F)c(F)c(F)c(F)c2F)cc1. The maximum Gasteiger partial charge on any atom is 0.326 e. The first kappa shape index (κ1) is 78.6. The van der Waals surface area contributed by atoms with Gasteiger partial charge in [-0.05, 0) is 104 Å². The highest BCUT2D eigenvalue weighted by molar-refractivity contribution is 5.90. The number of aryl methyl sites for hydroxylation is 1. The molecule has 1 fully saturated rings. The van der Waals surface area contributed by atoms with Crippen LogP contribution < -0.4 is 46.7 Å². The van der Waals surface area contributed by atoms with Crippen LogP contribution in [-0.2, 0) is 74.9 Å². The number of unbranched alkanes of at least 4 members (excludes halogenated alkanes) is 1. The van der Waals surface area contributed by atoms with E-state index in [1.165, 1.54) is 0 Å². The van der Waals surface area contributed by atoms with E-state index >= 15 is 0 Å². The Morgan fingerprint density at radius 1 is 0.526 bits per heavy atom. The van der Waals surface area contributed by atoms with E-state index in [1.807, 2.05) is 66.7 Å². The lowest BCUT2D eigenvalue weighted by Gasteiger charge is -2.29. The fourth-order valence-electron chi connectivity index (χ4n) is 10.3. The number of esters is 1. The molecule has 0 spiro atoms. The summed E-state index contributed by atoms with van der Waals surface area (Å²) in [5.41, 5.74) is 1.85. The van der Waals surface area contributed by atoms with E-state index in [-0.39, 0.29) is 96.7 Å². The second kappa shape index (κ2) is 42.5. The van der Waals surface area contributed by atoms with E-state index in [0.29, 0.717) is 58.3 Å². The number of aliphatic carboxylic acids is 3. The Kier molecular flexibility index (Phi) is 34.4. The van der Waals surface area contributed by atoms with E-state index in [4.69, 9.17) is 28.8 Å². The molecule has 1 aliphatic rings. The first-order valence-corrected chi connectivity index (χ1v) is 31.8. The molecule has 0 heterocycles. The molecule has 0 aromatic heterocycles. The number of carbonyl (C=O) groups is 10. The van der Waals surface area contributed by atoms with Crippen LogP contribution in [0, 0.1) is 40.9 Å². The molecule has 0 saturated heterocycles. The lowest BCUT2D eigenvalue weighted by Crippen LogP contribution is -2.51. The van der Waals surface area contributed by atoms with Gasteiger partial charge in [-0.3, -0.25) is 33.6 Å². The molecule has 1 unspecified atom stereocenters. The van der Waals surface area contributed by atoms with Gasteiger partial charge in [0.2, 0.25) is 64.4 Å². The molecular formula is C66H84F5N7O19. The van der Waals surface area contributed by atoms with E-state index in [1.54, 1.807) is 7.11 Å². The molecule has 4 atom stereocenters. The molecule has 0 bridgehead atoms. The Bertz CT molecular complexity index is 3240.